The largest absolute Gasteiger partial charge is 0.396 e. The van der Waals surface area contributed by atoms with E-state index >= 15 is 0 Å². The average Bonchev–Trinajstić information content (AvgIpc) is 2.29. The molecule has 0 aromatic heterocycles. The van der Waals surface area contributed by atoms with Crippen LogP contribution in [0.2, 0.25) is 0 Å². The molecule has 0 saturated heterocycles. The lowest BCUT2D eigenvalue weighted by Crippen LogP contribution is -2.32. The molecular formula is C12H16INO2. The topological polar surface area (TPSA) is 40.5 Å². The number of benzene rings is 1. The molecule has 0 spiro atoms. The molecule has 1 aromatic carbocycles. The zero-order valence-electron chi connectivity index (χ0n) is 9.32. The summed E-state index contributed by atoms with van der Waals surface area (Å²) in [4.78, 5) is 13.8. The number of hydrogen-bond donors (Lipinski definition) is 1. The Hall–Kier alpha value is -0.620. The minimum atomic E-state index is 0.0365. The maximum absolute atomic E-state index is 12.1. The van der Waals surface area contributed by atoms with Crippen LogP contribution >= 0.6 is 22.6 Å². The van der Waals surface area contributed by atoms with E-state index in [9.17, 15) is 4.79 Å². The second kappa shape index (κ2) is 6.85. The van der Waals surface area contributed by atoms with E-state index in [0.29, 0.717) is 25.1 Å². The van der Waals surface area contributed by atoms with Crippen LogP contribution in [0.25, 0.3) is 0 Å². The number of nitrogens with zero attached hydrogens (tertiary/aromatic N) is 1. The van der Waals surface area contributed by atoms with E-state index in [1.807, 2.05) is 31.2 Å². The summed E-state index contributed by atoms with van der Waals surface area (Å²) in [6, 6.07) is 7.55. The van der Waals surface area contributed by atoms with Crippen LogP contribution in [0.5, 0.6) is 0 Å². The van der Waals surface area contributed by atoms with Crippen molar-refractivity contribution in [2.45, 2.75) is 13.3 Å². The standard InChI is InChI=1S/C12H16INO2/c1-2-14(7-4-8-15)12(16)10-5-3-6-11(13)9-10/h3,5-6,9,15H,2,4,7-8H2,1H3. The molecule has 0 heterocycles. The van der Waals surface area contributed by atoms with Gasteiger partial charge in [0, 0.05) is 28.8 Å². The molecule has 1 amide bonds. The molecule has 0 aliphatic rings. The van der Waals surface area contributed by atoms with E-state index in [4.69, 9.17) is 5.11 Å². The first-order valence-electron chi connectivity index (χ1n) is 5.34. The molecule has 1 aromatic rings. The first-order chi connectivity index (χ1) is 7.69. The van der Waals surface area contributed by atoms with Crippen molar-refractivity contribution in [2.75, 3.05) is 19.7 Å². The van der Waals surface area contributed by atoms with Gasteiger partial charge >= 0.3 is 0 Å². The molecule has 88 valence electrons. The maximum Gasteiger partial charge on any atom is 0.253 e. The maximum atomic E-state index is 12.1. The van der Waals surface area contributed by atoms with Crippen molar-refractivity contribution in [3.8, 4) is 0 Å². The summed E-state index contributed by atoms with van der Waals surface area (Å²) < 4.78 is 1.06. The Bertz CT molecular complexity index is 355. The Morgan fingerprint density at radius 3 is 2.81 bits per heavy atom. The number of rotatable bonds is 5. The van der Waals surface area contributed by atoms with Gasteiger partial charge in [0.15, 0.2) is 0 Å². The lowest BCUT2D eigenvalue weighted by Gasteiger charge is -2.20. The van der Waals surface area contributed by atoms with Crippen molar-refractivity contribution in [1.82, 2.24) is 4.90 Å². The molecule has 0 bridgehead atoms. The van der Waals surface area contributed by atoms with Gasteiger partial charge in [-0.1, -0.05) is 6.07 Å². The highest BCUT2D eigenvalue weighted by Gasteiger charge is 2.13. The van der Waals surface area contributed by atoms with Crippen molar-refractivity contribution in [3.63, 3.8) is 0 Å². The predicted molar refractivity (Wildman–Crippen MR) is 72.4 cm³/mol. The van der Waals surface area contributed by atoms with Crippen molar-refractivity contribution < 1.29 is 9.90 Å². The van der Waals surface area contributed by atoms with Crippen LogP contribution in [0.15, 0.2) is 24.3 Å². The highest BCUT2D eigenvalue weighted by atomic mass is 127. The molecule has 3 nitrogen and oxygen atoms in total. The molecule has 0 radical (unpaired) electrons. The van der Waals surface area contributed by atoms with Crippen LogP contribution in [-0.4, -0.2) is 35.6 Å². The van der Waals surface area contributed by atoms with Gasteiger partial charge in [-0.05, 0) is 54.1 Å². The van der Waals surface area contributed by atoms with Gasteiger partial charge in [0.05, 0.1) is 0 Å². The van der Waals surface area contributed by atoms with Crippen molar-refractivity contribution >= 4 is 28.5 Å². The third-order valence-corrected chi connectivity index (χ3v) is 3.00. The summed E-state index contributed by atoms with van der Waals surface area (Å²) in [6.07, 6.45) is 0.628. The highest BCUT2D eigenvalue weighted by molar-refractivity contribution is 14.1. The average molecular weight is 333 g/mol. The van der Waals surface area contributed by atoms with Gasteiger partial charge in [0.2, 0.25) is 0 Å². The molecule has 0 unspecified atom stereocenters. The first kappa shape index (κ1) is 13.4. The lowest BCUT2D eigenvalue weighted by atomic mass is 10.2. The van der Waals surface area contributed by atoms with Gasteiger partial charge in [0.25, 0.3) is 5.91 Å². The number of aliphatic hydroxyl groups excluding tert-OH is 1. The Balaban J connectivity index is 2.74. The second-order valence-corrected chi connectivity index (χ2v) is 4.72. The molecule has 4 heteroatoms. The fourth-order valence-electron chi connectivity index (χ4n) is 1.47. The Morgan fingerprint density at radius 1 is 1.50 bits per heavy atom. The Kier molecular flexibility index (Phi) is 5.76. The fraction of sp³-hybridized carbons (Fsp3) is 0.417. The first-order valence-corrected chi connectivity index (χ1v) is 6.42. The highest BCUT2D eigenvalue weighted by Crippen LogP contribution is 2.10. The van der Waals surface area contributed by atoms with Gasteiger partial charge in [-0.25, -0.2) is 0 Å². The zero-order valence-corrected chi connectivity index (χ0v) is 11.5. The SMILES string of the molecule is CCN(CCCO)C(=O)c1cccc(I)c1. The predicted octanol–water partition coefficient (Wildman–Crippen LogP) is 2.14. The number of amides is 1. The molecular weight excluding hydrogens is 317 g/mol. The summed E-state index contributed by atoms with van der Waals surface area (Å²) in [5.41, 5.74) is 0.715. The van der Waals surface area contributed by atoms with E-state index in [0.717, 1.165) is 3.57 Å². The minimum absolute atomic E-state index is 0.0365. The lowest BCUT2D eigenvalue weighted by molar-refractivity contribution is 0.0754. The van der Waals surface area contributed by atoms with Crippen LogP contribution in [0.1, 0.15) is 23.7 Å². The van der Waals surface area contributed by atoms with Gasteiger partial charge in [-0.3, -0.25) is 4.79 Å². The van der Waals surface area contributed by atoms with Crippen molar-refractivity contribution in [2.24, 2.45) is 0 Å². The van der Waals surface area contributed by atoms with Gasteiger partial charge in [0.1, 0.15) is 0 Å². The quantitative estimate of drug-likeness (QED) is 0.839. The van der Waals surface area contributed by atoms with Crippen LogP contribution in [0, 0.1) is 3.57 Å². The summed E-state index contributed by atoms with van der Waals surface area (Å²) in [5.74, 6) is 0.0365. The monoisotopic (exact) mass is 333 g/mol. The zero-order chi connectivity index (χ0) is 12.0. The smallest absolute Gasteiger partial charge is 0.253 e. The van der Waals surface area contributed by atoms with Crippen molar-refractivity contribution in [1.29, 1.82) is 0 Å². The summed E-state index contributed by atoms with van der Waals surface area (Å²) in [5, 5.41) is 8.77. The molecule has 1 rings (SSSR count). The van der Waals surface area contributed by atoms with E-state index in [1.165, 1.54) is 0 Å². The summed E-state index contributed by atoms with van der Waals surface area (Å²) in [6.45, 7) is 3.35. The van der Waals surface area contributed by atoms with Crippen LogP contribution in [0.4, 0.5) is 0 Å². The van der Waals surface area contributed by atoms with Crippen molar-refractivity contribution in [3.05, 3.63) is 33.4 Å². The number of halogens is 1. The number of carbonyl (C=O) groups is 1. The van der Waals surface area contributed by atoms with Gasteiger partial charge in [-0.2, -0.15) is 0 Å². The van der Waals surface area contributed by atoms with Crippen LogP contribution in [0.3, 0.4) is 0 Å². The fourth-order valence-corrected chi connectivity index (χ4v) is 2.01. The summed E-state index contributed by atoms with van der Waals surface area (Å²) in [7, 11) is 0. The third-order valence-electron chi connectivity index (χ3n) is 2.33. The van der Waals surface area contributed by atoms with Crippen LogP contribution in [-0.2, 0) is 0 Å². The third kappa shape index (κ3) is 3.75. The van der Waals surface area contributed by atoms with E-state index in [2.05, 4.69) is 22.6 Å². The molecule has 0 atom stereocenters. The molecule has 0 aliphatic carbocycles. The molecule has 16 heavy (non-hydrogen) atoms. The molecule has 0 fully saturated rings. The minimum Gasteiger partial charge on any atom is -0.396 e. The summed E-state index contributed by atoms with van der Waals surface area (Å²) >= 11 is 2.19. The van der Waals surface area contributed by atoms with E-state index in [-0.39, 0.29) is 12.5 Å². The molecule has 1 N–H and O–H groups in total. The Morgan fingerprint density at radius 2 is 2.25 bits per heavy atom. The van der Waals surface area contributed by atoms with E-state index in [1.54, 1.807) is 4.90 Å². The van der Waals surface area contributed by atoms with Gasteiger partial charge < -0.3 is 10.0 Å². The second-order valence-electron chi connectivity index (χ2n) is 3.47. The van der Waals surface area contributed by atoms with E-state index < -0.39 is 0 Å². The van der Waals surface area contributed by atoms with Crippen LogP contribution < -0.4 is 0 Å². The normalized spacial score (nSPS) is 10.2. The Labute approximate surface area is 110 Å². The number of carbonyl (C=O) groups excluding carboxylic acids is 1. The molecule has 0 aliphatic heterocycles. The molecule has 0 saturated carbocycles. The van der Waals surface area contributed by atoms with Gasteiger partial charge in [-0.15, -0.1) is 0 Å². The number of aliphatic hydroxyl groups is 1. The number of hydrogen-bond acceptors (Lipinski definition) is 2.